The minimum atomic E-state index is 0. The molecule has 0 aromatic carbocycles. The number of hydrogen-bond acceptors (Lipinski definition) is 3. The lowest BCUT2D eigenvalue weighted by atomic mass is 10.2. The van der Waals surface area contributed by atoms with E-state index in [9.17, 15) is 4.79 Å². The molecular formula is C18H34IN5O. The van der Waals surface area contributed by atoms with Gasteiger partial charge in [-0.3, -0.25) is 14.7 Å². The fraction of sp³-hybridized carbons (Fsp3) is 0.889. The largest absolute Gasteiger partial charge is 0.353 e. The van der Waals surface area contributed by atoms with Gasteiger partial charge < -0.3 is 15.5 Å². The van der Waals surface area contributed by atoms with E-state index < -0.39 is 0 Å². The average molecular weight is 463 g/mol. The van der Waals surface area contributed by atoms with Crippen LogP contribution in [0.1, 0.15) is 46.0 Å². The zero-order valence-electron chi connectivity index (χ0n) is 15.7. The summed E-state index contributed by atoms with van der Waals surface area (Å²) in [6.07, 6.45) is 6.19. The van der Waals surface area contributed by atoms with Crippen molar-refractivity contribution in [3.63, 3.8) is 0 Å². The van der Waals surface area contributed by atoms with Crippen LogP contribution >= 0.6 is 24.0 Å². The topological polar surface area (TPSA) is 60.0 Å². The molecule has 0 aromatic rings. The van der Waals surface area contributed by atoms with Gasteiger partial charge in [0, 0.05) is 44.8 Å². The van der Waals surface area contributed by atoms with Gasteiger partial charge in [0.2, 0.25) is 5.91 Å². The Morgan fingerprint density at radius 1 is 1.12 bits per heavy atom. The maximum Gasteiger partial charge on any atom is 0.234 e. The van der Waals surface area contributed by atoms with Crippen molar-refractivity contribution in [3.8, 4) is 0 Å². The predicted molar refractivity (Wildman–Crippen MR) is 113 cm³/mol. The minimum absolute atomic E-state index is 0. The summed E-state index contributed by atoms with van der Waals surface area (Å²) in [4.78, 5) is 21.2. The van der Waals surface area contributed by atoms with Crippen LogP contribution in [0.3, 0.4) is 0 Å². The first-order valence-corrected chi connectivity index (χ1v) is 9.77. The molecule has 1 heterocycles. The number of hydrogen-bond donors (Lipinski definition) is 2. The lowest BCUT2D eigenvalue weighted by Crippen LogP contribution is -2.54. The van der Waals surface area contributed by atoms with Gasteiger partial charge >= 0.3 is 0 Å². The highest BCUT2D eigenvalue weighted by atomic mass is 127. The van der Waals surface area contributed by atoms with Crippen molar-refractivity contribution in [2.75, 3.05) is 39.3 Å². The number of carbonyl (C=O) groups is 1. The van der Waals surface area contributed by atoms with E-state index in [4.69, 9.17) is 0 Å². The van der Waals surface area contributed by atoms with Gasteiger partial charge in [-0.05, 0) is 38.5 Å². The third kappa shape index (κ3) is 6.58. The second kappa shape index (κ2) is 9.94. The summed E-state index contributed by atoms with van der Waals surface area (Å²) in [6, 6.07) is 1.08. The number of nitrogens with zero attached hydrogens (tertiary/aromatic N) is 3. The highest BCUT2D eigenvalue weighted by molar-refractivity contribution is 14.0. The Labute approximate surface area is 169 Å². The summed E-state index contributed by atoms with van der Waals surface area (Å²) in [5.41, 5.74) is 0. The number of rotatable bonds is 7. The van der Waals surface area contributed by atoms with Gasteiger partial charge in [-0.15, -0.1) is 24.0 Å². The molecule has 0 radical (unpaired) electrons. The maximum atomic E-state index is 11.9. The zero-order valence-corrected chi connectivity index (χ0v) is 18.0. The Balaban J connectivity index is 0.00000225. The van der Waals surface area contributed by atoms with Crippen LogP contribution in [0.15, 0.2) is 4.99 Å². The molecule has 3 fully saturated rings. The molecular weight excluding hydrogens is 429 g/mol. The number of piperazine rings is 1. The fourth-order valence-electron chi connectivity index (χ4n) is 3.49. The number of halogens is 1. The fourth-order valence-corrected chi connectivity index (χ4v) is 3.49. The number of guanidine groups is 1. The van der Waals surface area contributed by atoms with Crippen molar-refractivity contribution >= 4 is 35.8 Å². The highest BCUT2D eigenvalue weighted by Gasteiger charge is 2.37. The summed E-state index contributed by atoms with van der Waals surface area (Å²) in [5, 5.41) is 6.74. The first-order chi connectivity index (χ1) is 11.7. The number of amides is 1. The molecule has 6 nitrogen and oxygen atoms in total. The monoisotopic (exact) mass is 463 g/mol. The van der Waals surface area contributed by atoms with Gasteiger partial charge in [-0.25, -0.2) is 0 Å². The standard InChI is InChI=1S/C18H33N5O.HI/c1-3-5-14-12-16(14)21-18(19-4-2)23-10-8-22(9-11-23)13-17(24)20-15-6-7-15;/h14-16H,3-13H2,1-2H3,(H,19,21)(H,20,24);1H. The van der Waals surface area contributed by atoms with Gasteiger partial charge in [-0.2, -0.15) is 0 Å². The Kier molecular flexibility index (Phi) is 8.25. The Morgan fingerprint density at radius 2 is 1.84 bits per heavy atom. The molecule has 1 amide bonds. The third-order valence-corrected chi connectivity index (χ3v) is 5.19. The van der Waals surface area contributed by atoms with Gasteiger partial charge in [0.1, 0.15) is 0 Å². The van der Waals surface area contributed by atoms with E-state index in [2.05, 4.69) is 39.3 Å². The van der Waals surface area contributed by atoms with Crippen molar-refractivity contribution in [1.82, 2.24) is 20.4 Å². The molecule has 1 saturated heterocycles. The van der Waals surface area contributed by atoms with Crippen molar-refractivity contribution in [2.45, 2.75) is 58.0 Å². The molecule has 2 atom stereocenters. The highest BCUT2D eigenvalue weighted by Crippen LogP contribution is 2.34. The van der Waals surface area contributed by atoms with E-state index in [1.54, 1.807) is 0 Å². The molecule has 144 valence electrons. The van der Waals surface area contributed by atoms with E-state index in [1.165, 1.54) is 19.3 Å². The molecule has 0 aromatic heterocycles. The van der Waals surface area contributed by atoms with Gasteiger partial charge in [0.25, 0.3) is 0 Å². The van der Waals surface area contributed by atoms with Crippen molar-refractivity contribution < 1.29 is 4.79 Å². The van der Waals surface area contributed by atoms with Crippen LogP contribution in [0, 0.1) is 5.92 Å². The molecule has 0 bridgehead atoms. The molecule has 1 aliphatic heterocycles. The first-order valence-electron chi connectivity index (χ1n) is 9.77. The van der Waals surface area contributed by atoms with Crippen LogP contribution in [-0.4, -0.2) is 73.0 Å². The average Bonchev–Trinajstić information content (AvgIpc) is 3.47. The van der Waals surface area contributed by atoms with E-state index in [-0.39, 0.29) is 29.9 Å². The maximum absolute atomic E-state index is 11.9. The molecule has 2 saturated carbocycles. The molecule has 2 aliphatic carbocycles. The SMILES string of the molecule is CCCC1CC1NC(=NCC)N1CCN(CC(=O)NC2CC2)CC1.I. The summed E-state index contributed by atoms with van der Waals surface area (Å²) in [6.45, 7) is 9.49. The van der Waals surface area contributed by atoms with E-state index in [1.807, 2.05) is 0 Å². The van der Waals surface area contributed by atoms with Gasteiger partial charge in [0.15, 0.2) is 5.96 Å². The quantitative estimate of drug-likeness (QED) is 0.343. The van der Waals surface area contributed by atoms with E-state index in [0.717, 1.165) is 57.4 Å². The minimum Gasteiger partial charge on any atom is -0.353 e. The summed E-state index contributed by atoms with van der Waals surface area (Å²) in [5.74, 6) is 2.10. The lowest BCUT2D eigenvalue weighted by Gasteiger charge is -2.36. The molecule has 3 rings (SSSR count). The Hall–Kier alpha value is -0.570. The Bertz CT molecular complexity index is 460. The Morgan fingerprint density at radius 3 is 2.44 bits per heavy atom. The molecule has 2 N–H and O–H groups in total. The van der Waals surface area contributed by atoms with Gasteiger partial charge in [-0.1, -0.05) is 13.3 Å². The normalized spacial score (nSPS) is 26.8. The molecule has 3 aliphatic rings. The molecule has 25 heavy (non-hydrogen) atoms. The van der Waals surface area contributed by atoms with E-state index >= 15 is 0 Å². The second-order valence-corrected chi connectivity index (χ2v) is 7.44. The number of nitrogens with one attached hydrogen (secondary N) is 2. The van der Waals surface area contributed by atoms with Crippen LogP contribution in [-0.2, 0) is 4.79 Å². The van der Waals surface area contributed by atoms with Gasteiger partial charge in [0.05, 0.1) is 6.54 Å². The predicted octanol–water partition coefficient (Wildman–Crippen LogP) is 1.65. The van der Waals surface area contributed by atoms with Crippen LogP contribution in [0.2, 0.25) is 0 Å². The number of carbonyl (C=O) groups excluding carboxylic acids is 1. The van der Waals surface area contributed by atoms with Crippen LogP contribution in [0.5, 0.6) is 0 Å². The zero-order chi connectivity index (χ0) is 16.9. The lowest BCUT2D eigenvalue weighted by molar-refractivity contribution is -0.122. The van der Waals surface area contributed by atoms with E-state index in [0.29, 0.717) is 18.6 Å². The van der Waals surface area contributed by atoms with Crippen molar-refractivity contribution in [3.05, 3.63) is 0 Å². The van der Waals surface area contributed by atoms with Crippen LogP contribution in [0.25, 0.3) is 0 Å². The summed E-state index contributed by atoms with van der Waals surface area (Å²) >= 11 is 0. The number of aliphatic imine (C=N–C) groups is 1. The first kappa shape index (κ1) is 20.7. The second-order valence-electron chi connectivity index (χ2n) is 7.44. The van der Waals surface area contributed by atoms with Crippen molar-refractivity contribution in [1.29, 1.82) is 0 Å². The summed E-state index contributed by atoms with van der Waals surface area (Å²) in [7, 11) is 0. The molecule has 7 heteroatoms. The smallest absolute Gasteiger partial charge is 0.234 e. The molecule has 2 unspecified atom stereocenters. The third-order valence-electron chi connectivity index (χ3n) is 5.19. The van der Waals surface area contributed by atoms with Crippen LogP contribution in [0.4, 0.5) is 0 Å². The molecule has 0 spiro atoms. The van der Waals surface area contributed by atoms with Crippen LogP contribution < -0.4 is 10.6 Å². The van der Waals surface area contributed by atoms with Crippen molar-refractivity contribution in [2.24, 2.45) is 10.9 Å². The summed E-state index contributed by atoms with van der Waals surface area (Å²) < 4.78 is 0.